The molecule has 0 radical (unpaired) electrons. The van der Waals surface area contributed by atoms with E-state index in [4.69, 9.17) is 5.11 Å². The maximum absolute atomic E-state index is 11.2. The van der Waals surface area contributed by atoms with Crippen LogP contribution in [0.4, 0.5) is 0 Å². The number of hydrogen-bond donors (Lipinski definition) is 1. The van der Waals surface area contributed by atoms with Gasteiger partial charge in [-0.3, -0.25) is 0 Å². The lowest BCUT2D eigenvalue weighted by Crippen LogP contribution is -3.00. The lowest BCUT2D eigenvalue weighted by Gasteiger charge is -2.03. The van der Waals surface area contributed by atoms with E-state index in [1.807, 2.05) is 24.4 Å². The van der Waals surface area contributed by atoms with E-state index < -0.39 is 5.97 Å². The number of carbonyl (C=O) groups is 1. The Hall–Kier alpha value is -2.91. The number of aromatic nitrogens is 1. The Kier molecular flexibility index (Phi) is 7.33. The molecule has 0 aliphatic carbocycles. The molecule has 0 saturated carbocycles. The number of nitrogens with zero attached hydrogens (tertiary/aromatic N) is 1. The van der Waals surface area contributed by atoms with Gasteiger partial charge in [0.15, 0.2) is 12.7 Å². The van der Waals surface area contributed by atoms with Gasteiger partial charge in [0.05, 0.1) is 5.56 Å². The van der Waals surface area contributed by atoms with Crippen molar-refractivity contribution in [3.63, 3.8) is 0 Å². The first kappa shape index (κ1) is 20.4. The third-order valence-corrected chi connectivity index (χ3v) is 4.34. The van der Waals surface area contributed by atoms with Crippen molar-refractivity contribution in [1.29, 1.82) is 0 Å². The summed E-state index contributed by atoms with van der Waals surface area (Å²) in [6.45, 7) is 2.77. The third kappa shape index (κ3) is 5.53. The zero-order valence-corrected chi connectivity index (χ0v) is 15.9. The summed E-state index contributed by atoms with van der Waals surface area (Å²) in [6.07, 6.45) is 7.23. The molecular weight excluding hydrogens is 358 g/mol. The number of carboxylic acids is 1. The van der Waals surface area contributed by atoms with E-state index in [0.717, 1.165) is 23.2 Å². The van der Waals surface area contributed by atoms with Crippen molar-refractivity contribution in [2.75, 3.05) is 0 Å². The molecule has 138 valence electrons. The minimum atomic E-state index is -0.902. The molecule has 27 heavy (non-hydrogen) atoms. The second kappa shape index (κ2) is 9.70. The van der Waals surface area contributed by atoms with Crippen LogP contribution in [0.5, 0.6) is 0 Å². The molecule has 4 heteroatoms. The zero-order valence-electron chi connectivity index (χ0n) is 15.2. The summed E-state index contributed by atoms with van der Waals surface area (Å²) in [5.74, 6) is -0.902. The average molecular weight is 380 g/mol. The molecular formula is C23H22ClNO2. The number of aryl methyl sites for hydroxylation is 1. The number of aromatic carboxylic acids is 1. The maximum Gasteiger partial charge on any atom is 0.335 e. The minimum absolute atomic E-state index is 0. The highest BCUT2D eigenvalue weighted by Gasteiger charge is 2.10. The van der Waals surface area contributed by atoms with Crippen LogP contribution in [0.1, 0.15) is 39.7 Å². The van der Waals surface area contributed by atoms with Crippen molar-refractivity contribution < 1.29 is 26.9 Å². The van der Waals surface area contributed by atoms with Crippen LogP contribution < -0.4 is 17.0 Å². The summed E-state index contributed by atoms with van der Waals surface area (Å²) in [7, 11) is 0. The monoisotopic (exact) mass is 379 g/mol. The van der Waals surface area contributed by atoms with Gasteiger partial charge >= 0.3 is 5.97 Å². The first-order valence-corrected chi connectivity index (χ1v) is 8.73. The zero-order chi connectivity index (χ0) is 18.4. The molecule has 0 spiro atoms. The lowest BCUT2D eigenvalue weighted by molar-refractivity contribution is -0.690. The summed E-state index contributed by atoms with van der Waals surface area (Å²) < 4.78 is 2.11. The Labute approximate surface area is 166 Å². The molecule has 3 aromatic rings. The summed E-state index contributed by atoms with van der Waals surface area (Å²) in [6, 6.07) is 21.7. The van der Waals surface area contributed by atoms with Gasteiger partial charge < -0.3 is 17.5 Å². The molecule has 0 aliphatic heterocycles. The van der Waals surface area contributed by atoms with Crippen molar-refractivity contribution in [2.45, 2.75) is 19.9 Å². The summed E-state index contributed by atoms with van der Waals surface area (Å²) in [5, 5.41) is 9.16. The second-order valence-electron chi connectivity index (χ2n) is 6.19. The molecule has 0 aliphatic rings. The normalized spacial score (nSPS) is 10.6. The molecule has 0 bridgehead atoms. The van der Waals surface area contributed by atoms with Crippen LogP contribution in [0, 0.1) is 0 Å². The number of halogens is 1. The Balaban J connectivity index is 0.00000261. The molecule has 0 atom stereocenters. The molecule has 0 unspecified atom stereocenters. The maximum atomic E-state index is 11.2. The van der Waals surface area contributed by atoms with Crippen LogP contribution in [0.25, 0.3) is 12.2 Å². The molecule has 0 saturated heterocycles. The molecule has 2 aromatic carbocycles. The molecule has 3 rings (SSSR count). The topological polar surface area (TPSA) is 41.2 Å². The molecule has 0 fully saturated rings. The van der Waals surface area contributed by atoms with E-state index in [0.29, 0.717) is 12.1 Å². The van der Waals surface area contributed by atoms with Crippen LogP contribution in [0.3, 0.4) is 0 Å². The third-order valence-electron chi connectivity index (χ3n) is 4.34. The first-order valence-electron chi connectivity index (χ1n) is 8.73. The smallest absolute Gasteiger partial charge is 0.335 e. The Morgan fingerprint density at radius 2 is 1.74 bits per heavy atom. The lowest BCUT2D eigenvalue weighted by atomic mass is 10.1. The summed E-state index contributed by atoms with van der Waals surface area (Å²) in [5.41, 5.74) is 4.82. The van der Waals surface area contributed by atoms with Crippen LogP contribution in [0.2, 0.25) is 0 Å². The van der Waals surface area contributed by atoms with Crippen LogP contribution in [-0.4, -0.2) is 11.1 Å². The van der Waals surface area contributed by atoms with Gasteiger partial charge in [0, 0.05) is 23.8 Å². The van der Waals surface area contributed by atoms with Crippen molar-refractivity contribution in [2.24, 2.45) is 0 Å². The van der Waals surface area contributed by atoms with E-state index >= 15 is 0 Å². The standard InChI is InChI=1S/C23H21NO2.ClH/c1-2-18-9-11-19(12-10-18)13-14-22-8-3-4-15-24(22)17-20-6-5-7-21(16-20)23(25)26;/h3-16H,2,17H2,1H3;1H/b14-13+;. The first-order chi connectivity index (χ1) is 12.7. The van der Waals surface area contributed by atoms with Crippen molar-refractivity contribution in [1.82, 2.24) is 0 Å². The van der Waals surface area contributed by atoms with E-state index in [9.17, 15) is 4.79 Å². The largest absolute Gasteiger partial charge is 1.00 e. The van der Waals surface area contributed by atoms with Crippen molar-refractivity contribution >= 4 is 18.1 Å². The Morgan fingerprint density at radius 1 is 0.963 bits per heavy atom. The van der Waals surface area contributed by atoms with Gasteiger partial charge in [-0.05, 0) is 41.8 Å². The van der Waals surface area contributed by atoms with Crippen LogP contribution >= 0.6 is 0 Å². The summed E-state index contributed by atoms with van der Waals surface area (Å²) in [4.78, 5) is 11.2. The number of hydrogen-bond acceptors (Lipinski definition) is 1. The molecule has 0 amide bonds. The van der Waals surface area contributed by atoms with E-state index in [-0.39, 0.29) is 12.4 Å². The fourth-order valence-electron chi connectivity index (χ4n) is 2.83. The van der Waals surface area contributed by atoms with Gasteiger partial charge in [0.1, 0.15) is 0 Å². The quantitative estimate of drug-likeness (QED) is 0.659. The predicted octanol–water partition coefficient (Wildman–Crippen LogP) is 1.46. The highest BCUT2D eigenvalue weighted by Crippen LogP contribution is 2.10. The molecule has 3 nitrogen and oxygen atoms in total. The summed E-state index contributed by atoms with van der Waals surface area (Å²) >= 11 is 0. The van der Waals surface area contributed by atoms with Crippen molar-refractivity contribution in [3.05, 3.63) is 101 Å². The van der Waals surface area contributed by atoms with Gasteiger partial charge in [0.2, 0.25) is 5.69 Å². The van der Waals surface area contributed by atoms with Crippen LogP contribution in [0.15, 0.2) is 72.9 Å². The Bertz CT molecular complexity index is 933. The van der Waals surface area contributed by atoms with E-state index in [1.54, 1.807) is 18.2 Å². The van der Waals surface area contributed by atoms with Crippen LogP contribution in [-0.2, 0) is 13.0 Å². The Morgan fingerprint density at radius 3 is 2.44 bits per heavy atom. The van der Waals surface area contributed by atoms with Gasteiger partial charge in [0.25, 0.3) is 0 Å². The van der Waals surface area contributed by atoms with Gasteiger partial charge in [-0.1, -0.05) is 43.3 Å². The minimum Gasteiger partial charge on any atom is -1.00 e. The second-order valence-corrected chi connectivity index (χ2v) is 6.19. The van der Waals surface area contributed by atoms with Gasteiger partial charge in [-0.15, -0.1) is 0 Å². The fourth-order valence-corrected chi connectivity index (χ4v) is 2.83. The highest BCUT2D eigenvalue weighted by molar-refractivity contribution is 5.87. The van der Waals surface area contributed by atoms with E-state index in [2.05, 4.69) is 54.0 Å². The highest BCUT2D eigenvalue weighted by atomic mass is 35.5. The average Bonchev–Trinajstić information content (AvgIpc) is 2.68. The van der Waals surface area contributed by atoms with Gasteiger partial charge in [-0.2, -0.15) is 4.57 Å². The number of carboxylic acid groups (broad SMARTS) is 1. The van der Waals surface area contributed by atoms with Crippen molar-refractivity contribution in [3.8, 4) is 0 Å². The molecule has 1 N–H and O–H groups in total. The number of benzene rings is 2. The SMILES string of the molecule is CCc1ccc(/C=C/c2cccc[n+]2Cc2cccc(C(=O)O)c2)cc1.[Cl-]. The van der Waals surface area contributed by atoms with Gasteiger partial charge in [-0.25, -0.2) is 4.79 Å². The number of pyridine rings is 1. The van der Waals surface area contributed by atoms with E-state index in [1.165, 1.54) is 5.56 Å². The molecule has 1 aromatic heterocycles. The predicted molar refractivity (Wildman–Crippen MR) is 104 cm³/mol. The number of rotatable bonds is 6. The fraction of sp³-hybridized carbons (Fsp3) is 0.130. The molecule has 1 heterocycles.